The van der Waals surface area contributed by atoms with Gasteiger partial charge in [0.2, 0.25) is 0 Å². The van der Waals surface area contributed by atoms with Crippen molar-refractivity contribution in [2.45, 2.75) is 189 Å². The molecule has 16 nitrogen and oxygen atoms in total. The molecule has 2 unspecified atom stereocenters. The van der Waals surface area contributed by atoms with Crippen LogP contribution in [0.1, 0.15) is 125 Å². The van der Waals surface area contributed by atoms with Crippen molar-refractivity contribution >= 4 is 17.3 Å². The fourth-order valence-corrected chi connectivity index (χ4v) is 11.0. The van der Waals surface area contributed by atoms with Gasteiger partial charge in [0.15, 0.2) is 35.5 Å². The van der Waals surface area contributed by atoms with Gasteiger partial charge < -0.3 is 64.2 Å². The summed E-state index contributed by atoms with van der Waals surface area (Å²) >= 11 is 0. The summed E-state index contributed by atoms with van der Waals surface area (Å²) in [6, 6.07) is 2.89. The lowest BCUT2D eigenvalue weighted by atomic mass is 9.52. The van der Waals surface area contributed by atoms with E-state index in [1.165, 1.54) is 31.2 Å². The zero-order valence-corrected chi connectivity index (χ0v) is 34.7. The highest BCUT2D eigenvalue weighted by atomic mass is 16.7. The number of phenols is 1. The molecule has 3 heterocycles. The van der Waals surface area contributed by atoms with Gasteiger partial charge in [-0.2, -0.15) is 0 Å². The Hall–Kier alpha value is -2.71. The van der Waals surface area contributed by atoms with E-state index in [0.717, 1.165) is 0 Å². The second-order valence-electron chi connectivity index (χ2n) is 18.9. The molecular weight excluding hydrogens is 784 g/mol. The number of aliphatic hydroxyl groups excluding tert-OH is 4. The molecule has 7 aliphatic rings. The third-order valence-corrected chi connectivity index (χ3v) is 14.3. The molecule has 3 aliphatic heterocycles. The molecule has 7 N–H and O–H groups in total. The zero-order valence-electron chi connectivity index (χ0n) is 34.7. The van der Waals surface area contributed by atoms with Gasteiger partial charge in [0.1, 0.15) is 23.6 Å². The van der Waals surface area contributed by atoms with E-state index in [2.05, 4.69) is 0 Å². The van der Waals surface area contributed by atoms with E-state index >= 15 is 0 Å². The fourth-order valence-electron chi connectivity index (χ4n) is 11.0. The Balaban J connectivity index is 1.02. The summed E-state index contributed by atoms with van der Waals surface area (Å²) in [6.45, 7) is 8.46. The van der Waals surface area contributed by atoms with Gasteiger partial charge in [0.05, 0.1) is 77.9 Å². The summed E-state index contributed by atoms with van der Waals surface area (Å²) in [5.74, 6) is -5.47. The molecule has 3 saturated heterocycles. The van der Waals surface area contributed by atoms with Crippen LogP contribution < -0.4 is 0 Å². The van der Waals surface area contributed by atoms with E-state index < -0.39 is 126 Å². The van der Waals surface area contributed by atoms with Gasteiger partial charge in [-0.1, -0.05) is 31.2 Å². The lowest BCUT2D eigenvalue weighted by Crippen LogP contribution is -2.75. The number of Topliss-reactive ketones (excluding diaryl/α,β-unsaturated/α-hetero) is 3. The smallest absolute Gasteiger partial charge is 0.175 e. The molecule has 2 saturated carbocycles. The van der Waals surface area contributed by atoms with Crippen LogP contribution in [0.5, 0.6) is 5.75 Å². The number of hydrogen-bond acceptors (Lipinski definition) is 16. The van der Waals surface area contributed by atoms with Gasteiger partial charge in [0.25, 0.3) is 0 Å². The summed E-state index contributed by atoms with van der Waals surface area (Å²) in [5, 5.41) is 77.1. The Kier molecular flexibility index (Phi) is 11.8. The highest BCUT2D eigenvalue weighted by Crippen LogP contribution is 2.57. The van der Waals surface area contributed by atoms with E-state index in [9.17, 15) is 50.1 Å². The average molecular weight is 845 g/mol. The molecule has 1 aromatic rings. The molecule has 60 heavy (non-hydrogen) atoms. The molecule has 4 aliphatic carbocycles. The van der Waals surface area contributed by atoms with Crippen LogP contribution in [0.4, 0.5) is 0 Å². The third kappa shape index (κ3) is 7.51. The number of allylic oxidation sites excluding steroid dienone is 1. The highest BCUT2D eigenvalue weighted by Gasteiger charge is 2.72. The number of aromatic hydroxyl groups is 1. The molecule has 8 rings (SSSR count). The standard InChI is InChI=1S/C44H60O16/c1-19-14-23(6-10-29(19)59-34-15-28(46)37(48)21(3)57-34)58-31-16-30(55-22(4)38(31)49)24-7-8-25-35(39(24)50)40(51)26-12-13-43(54)18-42(5,53)17-32(47)44(43,36(26)41(25)52)60-33-11-9-27(45)20(2)56-33/h7-8,12-13,19-23,26-31,33-34,36-38,45-46,48-50,53-54H,6,9-11,14-18H2,1-5H3/t19-,20+,21-,22-,23+,26?,27+,28-,29+,30-,31-,33+,34+,36?,37-,38-,42+,43+,44+/m1/s1. The maximum atomic E-state index is 14.8. The first kappa shape index (κ1) is 43.9. The summed E-state index contributed by atoms with van der Waals surface area (Å²) in [7, 11) is 0. The number of ether oxygens (including phenoxy) is 6. The van der Waals surface area contributed by atoms with Crippen LogP contribution in [-0.2, 0) is 33.2 Å². The first-order valence-electron chi connectivity index (χ1n) is 21.5. The number of phenolic OH excluding ortho intramolecular Hbond substituents is 1. The van der Waals surface area contributed by atoms with Crippen LogP contribution in [0.25, 0.3) is 0 Å². The summed E-state index contributed by atoms with van der Waals surface area (Å²) < 4.78 is 37.1. The zero-order chi connectivity index (χ0) is 43.2. The van der Waals surface area contributed by atoms with Crippen LogP contribution in [0.2, 0.25) is 0 Å². The molecule has 1 aromatic carbocycles. The Labute approximate surface area is 348 Å². The number of rotatable bonds is 7. The molecule has 332 valence electrons. The summed E-state index contributed by atoms with van der Waals surface area (Å²) in [4.78, 5) is 43.7. The Morgan fingerprint density at radius 2 is 1.47 bits per heavy atom. The topological polar surface area (TPSA) is 248 Å². The Bertz CT molecular complexity index is 1850. The number of fused-ring (bicyclic) bond motifs is 4. The second kappa shape index (κ2) is 16.1. The number of benzene rings is 1. The lowest BCUT2D eigenvalue weighted by molar-refractivity contribution is -0.304. The van der Waals surface area contributed by atoms with Crippen LogP contribution in [0.15, 0.2) is 24.3 Å². The van der Waals surface area contributed by atoms with Crippen molar-refractivity contribution in [3.05, 3.63) is 41.0 Å². The first-order valence-corrected chi connectivity index (χ1v) is 21.5. The normalized spacial score (nSPS) is 48.3. The monoisotopic (exact) mass is 844 g/mol. The molecule has 16 heteroatoms. The molecule has 5 fully saturated rings. The third-order valence-electron chi connectivity index (χ3n) is 14.3. The quantitative estimate of drug-likeness (QED) is 0.194. The maximum Gasteiger partial charge on any atom is 0.175 e. The van der Waals surface area contributed by atoms with E-state index in [4.69, 9.17) is 28.4 Å². The SMILES string of the molecule is C[C@@H]1C[C@@H](O[C@@H]2C[C@H](c3ccc4c(c3O)C(=O)C3C=C[C@]5(O)C[C@@](C)(O)CC(=O)[C@]5(O[C@H]5CC[C@H](O)[C@H](C)O5)C3C4=O)O[C@H](C)[C@H]2O)CC[C@@H]1O[C@H]1C[C@@H](O)[C@H](O)[C@@H](C)O1. The highest BCUT2D eigenvalue weighted by molar-refractivity contribution is 6.20. The van der Waals surface area contributed by atoms with E-state index in [1.807, 2.05) is 6.92 Å². The van der Waals surface area contributed by atoms with Crippen molar-refractivity contribution in [2.24, 2.45) is 17.8 Å². The van der Waals surface area contributed by atoms with E-state index in [-0.39, 0.29) is 66.9 Å². The first-order chi connectivity index (χ1) is 28.2. The molecule has 0 bridgehead atoms. The second-order valence-corrected chi connectivity index (χ2v) is 18.9. The molecule has 0 amide bonds. The predicted octanol–water partition coefficient (Wildman–Crippen LogP) is 2.09. The summed E-state index contributed by atoms with van der Waals surface area (Å²) in [5.41, 5.74) is -6.40. The molecule has 0 radical (unpaired) electrons. The molecule has 19 atom stereocenters. The van der Waals surface area contributed by atoms with Crippen molar-refractivity contribution in [1.29, 1.82) is 0 Å². The van der Waals surface area contributed by atoms with E-state index in [1.54, 1.807) is 20.8 Å². The van der Waals surface area contributed by atoms with Crippen LogP contribution >= 0.6 is 0 Å². The number of aliphatic hydroxyl groups is 6. The molecular formula is C44H60O16. The number of carbonyl (C=O) groups excluding carboxylic acids is 3. The minimum absolute atomic E-state index is 0.0481. The summed E-state index contributed by atoms with van der Waals surface area (Å²) in [6.07, 6.45) is -5.09. The average Bonchev–Trinajstić information content (AvgIpc) is 3.17. The number of ketones is 3. The Morgan fingerprint density at radius 3 is 2.17 bits per heavy atom. The maximum absolute atomic E-state index is 14.8. The van der Waals surface area contributed by atoms with Crippen LogP contribution in [-0.4, -0.2) is 144 Å². The van der Waals surface area contributed by atoms with Crippen molar-refractivity contribution in [3.63, 3.8) is 0 Å². The van der Waals surface area contributed by atoms with Crippen molar-refractivity contribution in [1.82, 2.24) is 0 Å². The minimum Gasteiger partial charge on any atom is -0.507 e. The van der Waals surface area contributed by atoms with Gasteiger partial charge in [-0.05, 0) is 59.3 Å². The molecule has 0 aromatic heterocycles. The van der Waals surface area contributed by atoms with Crippen molar-refractivity contribution in [3.8, 4) is 5.75 Å². The minimum atomic E-state index is -2.33. The van der Waals surface area contributed by atoms with Gasteiger partial charge in [0, 0.05) is 43.2 Å². The van der Waals surface area contributed by atoms with Gasteiger partial charge in [-0.25, -0.2) is 0 Å². The largest absolute Gasteiger partial charge is 0.507 e. The van der Waals surface area contributed by atoms with Gasteiger partial charge in [-0.15, -0.1) is 0 Å². The Morgan fingerprint density at radius 1 is 0.750 bits per heavy atom. The van der Waals surface area contributed by atoms with Gasteiger partial charge >= 0.3 is 0 Å². The predicted molar refractivity (Wildman–Crippen MR) is 208 cm³/mol. The lowest BCUT2D eigenvalue weighted by Gasteiger charge is -2.58. The number of carbonyl (C=O) groups is 3. The van der Waals surface area contributed by atoms with Crippen molar-refractivity contribution < 1.29 is 78.6 Å². The van der Waals surface area contributed by atoms with E-state index in [0.29, 0.717) is 19.3 Å². The molecule has 0 spiro atoms. The van der Waals surface area contributed by atoms with Crippen LogP contribution in [0, 0.1) is 17.8 Å². The van der Waals surface area contributed by atoms with Gasteiger partial charge in [-0.3, -0.25) is 14.4 Å². The number of hydrogen-bond donors (Lipinski definition) is 7. The van der Waals surface area contributed by atoms with Crippen molar-refractivity contribution in [2.75, 3.05) is 0 Å². The van der Waals surface area contributed by atoms with Crippen LogP contribution in [0.3, 0.4) is 0 Å². The fraction of sp³-hybridized carbons (Fsp3) is 0.750.